The molecular formula is C9H5FN2O2. The quantitative estimate of drug-likeness (QED) is 0.673. The molecule has 0 aliphatic rings. The predicted octanol–water partition coefficient (Wildman–Crippen LogP) is 1.30. The molecule has 0 atom stereocenters. The number of rotatable bonds is 2. The van der Waals surface area contributed by atoms with Gasteiger partial charge in [0.1, 0.15) is 5.82 Å². The van der Waals surface area contributed by atoms with E-state index < -0.39 is 5.82 Å². The molecule has 5 heteroatoms. The summed E-state index contributed by atoms with van der Waals surface area (Å²) in [7, 11) is 0. The van der Waals surface area contributed by atoms with Crippen LogP contribution in [0.1, 0.15) is 0 Å². The molecule has 2 rings (SSSR count). The highest BCUT2D eigenvalue weighted by molar-refractivity contribution is 5.79. The lowest BCUT2D eigenvalue weighted by molar-refractivity contribution is -0.121. The van der Waals surface area contributed by atoms with Crippen molar-refractivity contribution < 1.29 is 13.9 Å². The molecule has 1 aromatic carbocycles. The SMILES string of the molecule is O=COc1cc2c(F)cccc2nn1. The number of benzene rings is 1. The zero-order valence-electron chi connectivity index (χ0n) is 6.98. The zero-order valence-corrected chi connectivity index (χ0v) is 6.98. The number of aromatic nitrogens is 2. The summed E-state index contributed by atoms with van der Waals surface area (Å²) in [6.07, 6.45) is 0. The summed E-state index contributed by atoms with van der Waals surface area (Å²) in [6, 6.07) is 5.78. The molecule has 0 spiro atoms. The molecule has 0 radical (unpaired) electrons. The molecule has 0 amide bonds. The first-order valence-electron chi connectivity index (χ1n) is 3.83. The van der Waals surface area contributed by atoms with Gasteiger partial charge in [0.15, 0.2) is 0 Å². The summed E-state index contributed by atoms with van der Waals surface area (Å²) in [4.78, 5) is 10.0. The first-order valence-corrected chi connectivity index (χ1v) is 3.83. The van der Waals surface area contributed by atoms with Crippen LogP contribution in [-0.4, -0.2) is 16.7 Å². The number of hydrogen-bond acceptors (Lipinski definition) is 4. The average molecular weight is 192 g/mol. The Labute approximate surface area is 78.3 Å². The van der Waals surface area contributed by atoms with Gasteiger partial charge in [-0.25, -0.2) is 4.39 Å². The van der Waals surface area contributed by atoms with Gasteiger partial charge in [0, 0.05) is 11.5 Å². The second-order valence-corrected chi connectivity index (χ2v) is 2.57. The number of nitrogens with zero attached hydrogens (tertiary/aromatic N) is 2. The predicted molar refractivity (Wildman–Crippen MR) is 46.2 cm³/mol. The molecular weight excluding hydrogens is 187 g/mol. The van der Waals surface area contributed by atoms with Crippen LogP contribution in [0.25, 0.3) is 10.9 Å². The maximum absolute atomic E-state index is 13.2. The second kappa shape index (κ2) is 3.37. The van der Waals surface area contributed by atoms with Crippen LogP contribution >= 0.6 is 0 Å². The van der Waals surface area contributed by atoms with Crippen molar-refractivity contribution in [3.8, 4) is 5.88 Å². The highest BCUT2D eigenvalue weighted by Gasteiger charge is 2.04. The molecule has 2 aromatic rings. The molecule has 0 aliphatic carbocycles. The van der Waals surface area contributed by atoms with Crippen molar-refractivity contribution >= 4 is 17.4 Å². The van der Waals surface area contributed by atoms with E-state index in [1.165, 1.54) is 18.2 Å². The van der Waals surface area contributed by atoms with E-state index in [1.807, 2.05) is 0 Å². The molecule has 0 saturated carbocycles. The highest BCUT2D eigenvalue weighted by Crippen LogP contribution is 2.18. The third kappa shape index (κ3) is 1.39. The Morgan fingerprint density at radius 2 is 2.21 bits per heavy atom. The third-order valence-corrected chi connectivity index (χ3v) is 1.72. The number of halogens is 1. The monoisotopic (exact) mass is 192 g/mol. The van der Waals surface area contributed by atoms with Gasteiger partial charge in [-0.05, 0) is 12.1 Å². The summed E-state index contributed by atoms with van der Waals surface area (Å²) < 4.78 is 17.6. The minimum atomic E-state index is -0.423. The van der Waals surface area contributed by atoms with Crippen LogP contribution in [0.4, 0.5) is 4.39 Å². The second-order valence-electron chi connectivity index (χ2n) is 2.57. The van der Waals surface area contributed by atoms with Crippen LogP contribution in [0.15, 0.2) is 24.3 Å². The lowest BCUT2D eigenvalue weighted by Crippen LogP contribution is -1.95. The van der Waals surface area contributed by atoms with Gasteiger partial charge in [-0.2, -0.15) is 0 Å². The molecule has 70 valence electrons. The Hall–Kier alpha value is -2.04. The average Bonchev–Trinajstić information content (AvgIpc) is 2.20. The normalized spacial score (nSPS) is 10.1. The van der Waals surface area contributed by atoms with Crippen molar-refractivity contribution in [2.24, 2.45) is 0 Å². The van der Waals surface area contributed by atoms with Gasteiger partial charge in [0.25, 0.3) is 6.47 Å². The van der Waals surface area contributed by atoms with E-state index in [4.69, 9.17) is 0 Å². The van der Waals surface area contributed by atoms with Crippen molar-refractivity contribution in [2.45, 2.75) is 0 Å². The Bertz CT molecular complexity index is 487. The smallest absolute Gasteiger partial charge is 0.299 e. The third-order valence-electron chi connectivity index (χ3n) is 1.72. The number of carbonyl (C=O) groups is 1. The number of fused-ring (bicyclic) bond motifs is 1. The molecule has 0 saturated heterocycles. The minimum absolute atomic E-state index is 0.0161. The largest absolute Gasteiger partial charge is 0.408 e. The minimum Gasteiger partial charge on any atom is -0.408 e. The van der Waals surface area contributed by atoms with E-state index in [9.17, 15) is 9.18 Å². The summed E-state index contributed by atoms with van der Waals surface area (Å²) in [5, 5.41) is 7.53. The Morgan fingerprint density at radius 3 is 3.00 bits per heavy atom. The highest BCUT2D eigenvalue weighted by atomic mass is 19.1. The van der Waals surface area contributed by atoms with Crippen LogP contribution in [0.5, 0.6) is 5.88 Å². The van der Waals surface area contributed by atoms with Gasteiger partial charge in [0.05, 0.1) is 5.52 Å². The number of carbonyl (C=O) groups excluding carboxylic acids is 1. The van der Waals surface area contributed by atoms with Gasteiger partial charge in [-0.15, -0.1) is 10.2 Å². The summed E-state index contributed by atoms with van der Waals surface area (Å²) in [5.41, 5.74) is 0.420. The first-order chi connectivity index (χ1) is 6.81. The molecule has 4 nitrogen and oxygen atoms in total. The summed E-state index contributed by atoms with van der Waals surface area (Å²) >= 11 is 0. The molecule has 1 aromatic heterocycles. The topological polar surface area (TPSA) is 52.1 Å². The van der Waals surface area contributed by atoms with Gasteiger partial charge in [-0.1, -0.05) is 6.07 Å². The van der Waals surface area contributed by atoms with E-state index in [2.05, 4.69) is 14.9 Å². The van der Waals surface area contributed by atoms with Crippen molar-refractivity contribution in [3.63, 3.8) is 0 Å². The molecule has 0 N–H and O–H groups in total. The molecule has 1 heterocycles. The van der Waals surface area contributed by atoms with Gasteiger partial charge in [-0.3, -0.25) is 4.79 Å². The fraction of sp³-hybridized carbons (Fsp3) is 0. The van der Waals surface area contributed by atoms with E-state index >= 15 is 0 Å². The van der Waals surface area contributed by atoms with Crippen molar-refractivity contribution in [1.29, 1.82) is 0 Å². The van der Waals surface area contributed by atoms with Crippen molar-refractivity contribution in [2.75, 3.05) is 0 Å². The van der Waals surface area contributed by atoms with Crippen molar-refractivity contribution in [3.05, 3.63) is 30.1 Å². The first kappa shape index (κ1) is 8.55. The van der Waals surface area contributed by atoms with Crippen LogP contribution in [0, 0.1) is 5.82 Å². The maximum atomic E-state index is 13.2. The van der Waals surface area contributed by atoms with E-state index in [1.54, 1.807) is 6.07 Å². The van der Waals surface area contributed by atoms with Gasteiger partial charge >= 0.3 is 0 Å². The van der Waals surface area contributed by atoms with Crippen LogP contribution in [-0.2, 0) is 4.79 Å². The fourth-order valence-corrected chi connectivity index (χ4v) is 1.12. The van der Waals surface area contributed by atoms with E-state index in [0.29, 0.717) is 5.52 Å². The van der Waals surface area contributed by atoms with Gasteiger partial charge in [0.2, 0.25) is 5.88 Å². The molecule has 0 fully saturated rings. The summed E-state index contributed by atoms with van der Waals surface area (Å²) in [6.45, 7) is 0.219. The summed E-state index contributed by atoms with van der Waals surface area (Å²) in [5.74, 6) is -0.439. The van der Waals surface area contributed by atoms with Crippen LogP contribution in [0.3, 0.4) is 0 Å². The Kier molecular flexibility index (Phi) is 2.06. The Morgan fingerprint density at radius 1 is 1.36 bits per heavy atom. The molecule has 0 aliphatic heterocycles. The van der Waals surface area contributed by atoms with E-state index in [0.717, 1.165) is 0 Å². The molecule has 0 bridgehead atoms. The molecule has 14 heavy (non-hydrogen) atoms. The van der Waals surface area contributed by atoms with Crippen LogP contribution in [0.2, 0.25) is 0 Å². The van der Waals surface area contributed by atoms with Crippen molar-refractivity contribution in [1.82, 2.24) is 10.2 Å². The zero-order chi connectivity index (χ0) is 9.97. The molecule has 0 unspecified atom stereocenters. The van der Waals surface area contributed by atoms with E-state index in [-0.39, 0.29) is 17.7 Å². The maximum Gasteiger partial charge on any atom is 0.299 e. The lowest BCUT2D eigenvalue weighted by Gasteiger charge is -1.99. The standard InChI is InChI=1S/C9H5FN2O2/c10-7-2-1-3-8-6(7)4-9(12-11-8)14-5-13/h1-5H. The van der Waals surface area contributed by atoms with Gasteiger partial charge < -0.3 is 4.74 Å². The van der Waals surface area contributed by atoms with Crippen LogP contribution < -0.4 is 4.74 Å². The number of hydrogen-bond donors (Lipinski definition) is 0. The Balaban J connectivity index is 2.63. The fourth-order valence-electron chi connectivity index (χ4n) is 1.12. The lowest BCUT2D eigenvalue weighted by atomic mass is 10.2. The number of ether oxygens (including phenoxy) is 1.